The molecule has 2 heterocycles. The second-order valence-electron chi connectivity index (χ2n) is 6.33. The van der Waals surface area contributed by atoms with Gasteiger partial charge in [-0.05, 0) is 32.9 Å². The van der Waals surface area contributed by atoms with Crippen LogP contribution in [0.25, 0.3) is 16.6 Å². The van der Waals surface area contributed by atoms with Crippen LogP contribution in [-0.2, 0) is 11.3 Å². The van der Waals surface area contributed by atoms with Gasteiger partial charge < -0.3 is 5.32 Å². The monoisotopic (exact) mass is 298 g/mol. The van der Waals surface area contributed by atoms with Crippen LogP contribution >= 0.6 is 0 Å². The maximum absolute atomic E-state index is 12.6. The van der Waals surface area contributed by atoms with Crippen molar-refractivity contribution in [2.24, 2.45) is 0 Å². The highest BCUT2D eigenvalue weighted by Crippen LogP contribution is 2.14. The van der Waals surface area contributed by atoms with Crippen LogP contribution in [0.3, 0.4) is 0 Å². The lowest BCUT2D eigenvalue weighted by Gasteiger charge is -2.21. The first kappa shape index (κ1) is 14.3. The quantitative estimate of drug-likeness (QED) is 0.780. The van der Waals surface area contributed by atoms with Crippen molar-refractivity contribution >= 4 is 22.5 Å². The number of hydrogen-bond acceptors (Lipinski definition) is 3. The number of nitrogens with one attached hydrogen (secondary N) is 1. The summed E-state index contributed by atoms with van der Waals surface area (Å²) in [5.74, 6) is -0.191. The van der Waals surface area contributed by atoms with Gasteiger partial charge in [0.1, 0.15) is 12.1 Å². The number of hydrogen-bond donors (Lipinski definition) is 1. The van der Waals surface area contributed by atoms with Crippen LogP contribution in [0.15, 0.2) is 41.6 Å². The molecular weight excluding hydrogens is 280 g/mol. The molecule has 3 rings (SSSR count). The Morgan fingerprint density at radius 3 is 2.55 bits per heavy atom. The van der Waals surface area contributed by atoms with E-state index in [0.717, 1.165) is 5.52 Å². The Kier molecular flexibility index (Phi) is 3.24. The van der Waals surface area contributed by atoms with E-state index in [9.17, 15) is 9.59 Å². The molecule has 1 aromatic carbocycles. The number of para-hydroxylation sites is 2. The second kappa shape index (κ2) is 4.98. The van der Waals surface area contributed by atoms with Crippen molar-refractivity contribution < 1.29 is 4.79 Å². The van der Waals surface area contributed by atoms with Crippen LogP contribution in [0, 0.1) is 0 Å². The van der Waals surface area contributed by atoms with Gasteiger partial charge >= 0.3 is 0 Å². The molecule has 1 N–H and O–H groups in total. The van der Waals surface area contributed by atoms with E-state index in [4.69, 9.17) is 0 Å². The highest BCUT2D eigenvalue weighted by atomic mass is 16.2. The SMILES string of the molecule is CC(C)(C)NC(=O)Cn1c(=O)c2cncn2c2ccccc21. The third-order valence-electron chi connectivity index (χ3n) is 3.35. The minimum absolute atomic E-state index is 0.0156. The Bertz CT molecular complexity index is 915. The van der Waals surface area contributed by atoms with Gasteiger partial charge in [-0.25, -0.2) is 4.98 Å². The summed E-state index contributed by atoms with van der Waals surface area (Å²) in [6.07, 6.45) is 3.13. The average Bonchev–Trinajstić information content (AvgIpc) is 2.91. The van der Waals surface area contributed by atoms with Crippen LogP contribution in [-0.4, -0.2) is 25.4 Å². The van der Waals surface area contributed by atoms with E-state index in [0.29, 0.717) is 11.0 Å². The summed E-state index contributed by atoms with van der Waals surface area (Å²) in [6, 6.07) is 7.48. The third-order valence-corrected chi connectivity index (χ3v) is 3.35. The van der Waals surface area contributed by atoms with E-state index in [2.05, 4.69) is 10.3 Å². The van der Waals surface area contributed by atoms with Gasteiger partial charge in [-0.2, -0.15) is 0 Å². The van der Waals surface area contributed by atoms with Crippen molar-refractivity contribution in [1.29, 1.82) is 0 Å². The number of imidazole rings is 1. The summed E-state index contributed by atoms with van der Waals surface area (Å²) in [6.45, 7) is 5.71. The zero-order valence-corrected chi connectivity index (χ0v) is 12.8. The summed E-state index contributed by atoms with van der Waals surface area (Å²) in [5, 5.41) is 2.88. The Morgan fingerprint density at radius 2 is 1.86 bits per heavy atom. The fourth-order valence-corrected chi connectivity index (χ4v) is 2.55. The molecule has 0 spiro atoms. The molecule has 114 valence electrons. The van der Waals surface area contributed by atoms with Crippen molar-refractivity contribution in [3.63, 3.8) is 0 Å². The zero-order valence-electron chi connectivity index (χ0n) is 12.8. The molecule has 0 saturated heterocycles. The van der Waals surface area contributed by atoms with Crippen LogP contribution in [0.2, 0.25) is 0 Å². The molecule has 0 saturated carbocycles. The van der Waals surface area contributed by atoms with E-state index in [1.807, 2.05) is 45.0 Å². The van der Waals surface area contributed by atoms with Crippen LogP contribution in [0.4, 0.5) is 0 Å². The number of fused-ring (bicyclic) bond motifs is 3. The number of benzene rings is 1. The number of nitrogens with zero attached hydrogens (tertiary/aromatic N) is 3. The van der Waals surface area contributed by atoms with Gasteiger partial charge in [-0.1, -0.05) is 12.1 Å². The first-order chi connectivity index (χ1) is 10.4. The smallest absolute Gasteiger partial charge is 0.277 e. The Labute approximate surface area is 127 Å². The minimum atomic E-state index is -0.336. The molecule has 0 atom stereocenters. The number of rotatable bonds is 2. The number of carbonyl (C=O) groups is 1. The fourth-order valence-electron chi connectivity index (χ4n) is 2.55. The van der Waals surface area contributed by atoms with Gasteiger partial charge in [0, 0.05) is 5.54 Å². The lowest BCUT2D eigenvalue weighted by atomic mass is 10.1. The predicted octanol–water partition coefficient (Wildman–Crippen LogP) is 1.56. The first-order valence-corrected chi connectivity index (χ1v) is 7.11. The van der Waals surface area contributed by atoms with Crippen molar-refractivity contribution in [3.8, 4) is 0 Å². The molecule has 0 bridgehead atoms. The topological polar surface area (TPSA) is 68.4 Å². The summed E-state index contributed by atoms with van der Waals surface area (Å²) >= 11 is 0. The molecule has 0 aliphatic rings. The largest absolute Gasteiger partial charge is 0.350 e. The molecule has 0 aliphatic heterocycles. The lowest BCUT2D eigenvalue weighted by molar-refractivity contribution is -0.123. The van der Waals surface area contributed by atoms with Crippen LogP contribution in [0.5, 0.6) is 0 Å². The Hall–Kier alpha value is -2.63. The number of amides is 1. The molecule has 3 aromatic rings. The van der Waals surface area contributed by atoms with E-state index in [1.54, 1.807) is 10.7 Å². The standard InChI is InChI=1S/C16H18N4O2/c1-16(2,3)18-14(21)9-19-11-6-4-5-7-12(11)20-10-17-8-13(20)15(19)22/h4-8,10H,9H2,1-3H3,(H,18,21). The van der Waals surface area contributed by atoms with E-state index >= 15 is 0 Å². The van der Waals surface area contributed by atoms with Crippen LogP contribution < -0.4 is 10.9 Å². The highest BCUT2D eigenvalue weighted by molar-refractivity contribution is 5.82. The highest BCUT2D eigenvalue weighted by Gasteiger charge is 2.17. The normalized spacial score (nSPS) is 12.0. The van der Waals surface area contributed by atoms with Crippen molar-refractivity contribution in [2.45, 2.75) is 32.9 Å². The lowest BCUT2D eigenvalue weighted by Crippen LogP contribution is -2.43. The van der Waals surface area contributed by atoms with Gasteiger partial charge in [0.25, 0.3) is 5.56 Å². The van der Waals surface area contributed by atoms with Crippen molar-refractivity contribution in [3.05, 3.63) is 47.1 Å². The van der Waals surface area contributed by atoms with Gasteiger partial charge in [0.05, 0.1) is 23.6 Å². The molecular formula is C16H18N4O2. The molecule has 6 heteroatoms. The van der Waals surface area contributed by atoms with E-state index in [1.165, 1.54) is 10.8 Å². The zero-order chi connectivity index (χ0) is 15.9. The summed E-state index contributed by atoms with van der Waals surface area (Å²) in [5.41, 5.74) is 1.46. The first-order valence-electron chi connectivity index (χ1n) is 7.11. The Balaban J connectivity index is 2.17. The van der Waals surface area contributed by atoms with E-state index in [-0.39, 0.29) is 23.6 Å². The Morgan fingerprint density at radius 1 is 1.18 bits per heavy atom. The molecule has 0 radical (unpaired) electrons. The second-order valence-corrected chi connectivity index (χ2v) is 6.33. The van der Waals surface area contributed by atoms with E-state index < -0.39 is 0 Å². The van der Waals surface area contributed by atoms with Gasteiger partial charge in [-0.3, -0.25) is 18.6 Å². The molecule has 22 heavy (non-hydrogen) atoms. The van der Waals surface area contributed by atoms with Gasteiger partial charge in [0.15, 0.2) is 0 Å². The molecule has 6 nitrogen and oxygen atoms in total. The molecule has 2 aromatic heterocycles. The number of carbonyl (C=O) groups excluding carboxylic acids is 1. The van der Waals surface area contributed by atoms with Crippen molar-refractivity contribution in [1.82, 2.24) is 19.3 Å². The molecule has 0 fully saturated rings. The summed E-state index contributed by atoms with van der Waals surface area (Å²) in [7, 11) is 0. The molecule has 0 unspecified atom stereocenters. The fraction of sp³-hybridized carbons (Fsp3) is 0.312. The summed E-state index contributed by atoms with van der Waals surface area (Å²) < 4.78 is 3.24. The minimum Gasteiger partial charge on any atom is -0.350 e. The predicted molar refractivity (Wildman–Crippen MR) is 84.9 cm³/mol. The third kappa shape index (κ3) is 2.47. The maximum Gasteiger partial charge on any atom is 0.277 e. The maximum atomic E-state index is 12.6. The number of aromatic nitrogens is 3. The summed E-state index contributed by atoms with van der Waals surface area (Å²) in [4.78, 5) is 28.9. The van der Waals surface area contributed by atoms with Gasteiger partial charge in [-0.15, -0.1) is 0 Å². The molecule has 0 aliphatic carbocycles. The average molecular weight is 298 g/mol. The van der Waals surface area contributed by atoms with Crippen LogP contribution in [0.1, 0.15) is 20.8 Å². The molecule has 1 amide bonds. The van der Waals surface area contributed by atoms with Gasteiger partial charge in [0.2, 0.25) is 5.91 Å². The van der Waals surface area contributed by atoms with Crippen molar-refractivity contribution in [2.75, 3.05) is 0 Å².